The molecule has 4 N–H and O–H groups in total. The Morgan fingerprint density at radius 1 is 1.60 bits per heavy atom. The number of aliphatic hydroxyl groups excluding tert-OH is 1. The molecule has 2 atom stereocenters. The van der Waals surface area contributed by atoms with Crippen LogP contribution in [0.5, 0.6) is 0 Å². The van der Waals surface area contributed by atoms with Crippen LogP contribution >= 0.6 is 11.3 Å². The first-order valence-corrected chi connectivity index (χ1v) is 6.19. The Kier molecular flexibility index (Phi) is 3.43. The first kappa shape index (κ1) is 10.7. The second kappa shape index (κ2) is 4.81. The number of hydrogen-bond donors (Lipinski definition) is 3. The van der Waals surface area contributed by atoms with E-state index in [-0.39, 0.29) is 6.10 Å². The second-order valence-corrected chi connectivity index (χ2v) is 5.20. The zero-order valence-electron chi connectivity index (χ0n) is 8.65. The van der Waals surface area contributed by atoms with E-state index in [0.717, 1.165) is 35.9 Å². The van der Waals surface area contributed by atoms with Gasteiger partial charge in [0.1, 0.15) is 5.00 Å². The smallest absolute Gasteiger partial charge is 0.184 e. The maximum absolute atomic E-state index is 9.52. The maximum Gasteiger partial charge on any atom is 0.184 e. The number of aliphatic hydroxyl groups is 1. The molecule has 1 fully saturated rings. The summed E-state index contributed by atoms with van der Waals surface area (Å²) < 4.78 is 0. The Hall–Kier alpha value is -0.810. The van der Waals surface area contributed by atoms with E-state index in [9.17, 15) is 5.11 Å². The molecule has 0 bridgehead atoms. The molecule has 4 nitrogen and oxygen atoms in total. The molecule has 2 unspecified atom stereocenters. The van der Waals surface area contributed by atoms with Gasteiger partial charge in [-0.3, -0.25) is 0 Å². The van der Waals surface area contributed by atoms with Gasteiger partial charge in [0.15, 0.2) is 5.13 Å². The number of nitrogens with two attached hydrogens (primary N) is 1. The SMILES string of the molecule is Nc1cnc(NCC2CCCC(O)C2)s1. The summed E-state index contributed by atoms with van der Waals surface area (Å²) in [6.45, 7) is 0.893. The maximum atomic E-state index is 9.52. The zero-order chi connectivity index (χ0) is 10.7. The highest BCUT2D eigenvalue weighted by molar-refractivity contribution is 7.19. The van der Waals surface area contributed by atoms with E-state index in [1.807, 2.05) is 0 Å². The molecule has 0 saturated heterocycles. The normalized spacial score (nSPS) is 26.5. The average molecular weight is 227 g/mol. The number of hydrogen-bond acceptors (Lipinski definition) is 5. The lowest BCUT2D eigenvalue weighted by atomic mass is 9.87. The Morgan fingerprint density at radius 2 is 2.47 bits per heavy atom. The van der Waals surface area contributed by atoms with E-state index in [1.165, 1.54) is 17.8 Å². The molecule has 1 aliphatic carbocycles. The molecule has 5 heteroatoms. The lowest BCUT2D eigenvalue weighted by Gasteiger charge is -2.25. The van der Waals surface area contributed by atoms with Crippen molar-refractivity contribution in [2.24, 2.45) is 5.92 Å². The molecule has 1 aromatic heterocycles. The fraction of sp³-hybridized carbons (Fsp3) is 0.700. The van der Waals surface area contributed by atoms with Crippen LogP contribution in [0.15, 0.2) is 6.20 Å². The quantitative estimate of drug-likeness (QED) is 0.735. The van der Waals surface area contributed by atoms with Gasteiger partial charge in [0.05, 0.1) is 12.3 Å². The van der Waals surface area contributed by atoms with Crippen molar-refractivity contribution in [2.75, 3.05) is 17.6 Å². The predicted octanol–water partition coefficient (Wildman–Crippen LogP) is 1.69. The van der Waals surface area contributed by atoms with Crippen molar-refractivity contribution >= 4 is 21.5 Å². The van der Waals surface area contributed by atoms with Crippen LogP contribution < -0.4 is 11.1 Å². The van der Waals surface area contributed by atoms with Gasteiger partial charge < -0.3 is 16.2 Å². The number of nitrogens with zero attached hydrogens (tertiary/aromatic N) is 1. The van der Waals surface area contributed by atoms with Crippen molar-refractivity contribution in [3.63, 3.8) is 0 Å². The molecule has 0 aromatic carbocycles. The third kappa shape index (κ3) is 3.07. The Balaban J connectivity index is 1.77. The molecule has 0 amide bonds. The van der Waals surface area contributed by atoms with Crippen molar-refractivity contribution in [1.82, 2.24) is 4.98 Å². The van der Waals surface area contributed by atoms with E-state index in [2.05, 4.69) is 10.3 Å². The fourth-order valence-corrected chi connectivity index (χ4v) is 2.64. The Morgan fingerprint density at radius 3 is 3.13 bits per heavy atom. The fourth-order valence-electron chi connectivity index (χ4n) is 2.05. The van der Waals surface area contributed by atoms with Gasteiger partial charge >= 0.3 is 0 Å². The summed E-state index contributed by atoms with van der Waals surface area (Å²) in [6.07, 6.45) is 5.77. The van der Waals surface area contributed by atoms with Crippen LogP contribution in [0.2, 0.25) is 0 Å². The molecular formula is C10H17N3OS. The molecule has 0 radical (unpaired) electrons. The molecule has 0 aliphatic heterocycles. The Labute approximate surface area is 93.5 Å². The second-order valence-electron chi connectivity index (χ2n) is 4.14. The largest absolute Gasteiger partial charge is 0.393 e. The summed E-state index contributed by atoms with van der Waals surface area (Å²) in [5, 5.41) is 14.4. The van der Waals surface area contributed by atoms with Crippen molar-refractivity contribution in [3.8, 4) is 0 Å². The van der Waals surface area contributed by atoms with Crippen LogP contribution in [0.1, 0.15) is 25.7 Å². The molecule has 1 aromatic rings. The van der Waals surface area contributed by atoms with Crippen molar-refractivity contribution in [3.05, 3.63) is 6.20 Å². The highest BCUT2D eigenvalue weighted by Crippen LogP contribution is 2.26. The summed E-state index contributed by atoms with van der Waals surface area (Å²) >= 11 is 1.47. The highest BCUT2D eigenvalue weighted by Gasteiger charge is 2.19. The van der Waals surface area contributed by atoms with E-state index in [0.29, 0.717) is 5.92 Å². The summed E-state index contributed by atoms with van der Waals surface area (Å²) in [5.41, 5.74) is 5.59. The molecule has 1 saturated carbocycles. The molecule has 84 valence electrons. The number of anilines is 2. The lowest BCUT2D eigenvalue weighted by molar-refractivity contribution is 0.105. The van der Waals surface area contributed by atoms with Crippen molar-refractivity contribution in [1.29, 1.82) is 0 Å². The first-order valence-electron chi connectivity index (χ1n) is 5.37. The zero-order valence-corrected chi connectivity index (χ0v) is 9.46. The van der Waals surface area contributed by atoms with Gasteiger partial charge in [-0.1, -0.05) is 17.8 Å². The van der Waals surface area contributed by atoms with Gasteiger partial charge in [0.25, 0.3) is 0 Å². The van der Waals surface area contributed by atoms with E-state index in [4.69, 9.17) is 5.73 Å². The van der Waals surface area contributed by atoms with Crippen LogP contribution in [-0.4, -0.2) is 22.7 Å². The summed E-state index contributed by atoms with van der Waals surface area (Å²) in [7, 11) is 0. The van der Waals surface area contributed by atoms with Gasteiger partial charge in [-0.05, 0) is 25.2 Å². The summed E-state index contributed by atoms with van der Waals surface area (Å²) in [6, 6.07) is 0. The highest BCUT2D eigenvalue weighted by atomic mass is 32.1. The average Bonchev–Trinajstić information content (AvgIpc) is 2.62. The van der Waals surface area contributed by atoms with E-state index >= 15 is 0 Å². The molecule has 1 aliphatic rings. The standard InChI is InChI=1S/C10H17N3OS/c11-9-6-13-10(15-9)12-5-7-2-1-3-8(14)4-7/h6-8,14H,1-5,11H2,(H,12,13). The van der Waals surface area contributed by atoms with Crippen LogP contribution in [0.3, 0.4) is 0 Å². The molecule has 1 heterocycles. The van der Waals surface area contributed by atoms with Gasteiger partial charge in [-0.25, -0.2) is 4.98 Å². The third-order valence-electron chi connectivity index (χ3n) is 2.82. The molecule has 15 heavy (non-hydrogen) atoms. The lowest BCUT2D eigenvalue weighted by Crippen LogP contribution is -2.24. The summed E-state index contributed by atoms with van der Waals surface area (Å²) in [5.74, 6) is 0.568. The molecular weight excluding hydrogens is 210 g/mol. The number of thiazole rings is 1. The van der Waals surface area contributed by atoms with Gasteiger partial charge in [-0.15, -0.1) is 0 Å². The number of nitrogen functional groups attached to an aromatic ring is 1. The van der Waals surface area contributed by atoms with Crippen LogP contribution in [-0.2, 0) is 0 Å². The van der Waals surface area contributed by atoms with Crippen LogP contribution in [0.4, 0.5) is 10.1 Å². The van der Waals surface area contributed by atoms with Crippen molar-refractivity contribution in [2.45, 2.75) is 31.8 Å². The van der Waals surface area contributed by atoms with Gasteiger partial charge in [-0.2, -0.15) is 0 Å². The first-order chi connectivity index (χ1) is 7.24. The Bertz CT molecular complexity index is 315. The van der Waals surface area contributed by atoms with Gasteiger partial charge in [0, 0.05) is 6.54 Å². The number of rotatable bonds is 3. The molecule has 2 rings (SSSR count). The summed E-state index contributed by atoms with van der Waals surface area (Å²) in [4.78, 5) is 4.14. The van der Waals surface area contributed by atoms with E-state index in [1.54, 1.807) is 6.20 Å². The topological polar surface area (TPSA) is 71.2 Å². The third-order valence-corrected chi connectivity index (χ3v) is 3.60. The number of aromatic nitrogens is 1. The molecule has 0 spiro atoms. The minimum atomic E-state index is -0.105. The van der Waals surface area contributed by atoms with Gasteiger partial charge in [0.2, 0.25) is 0 Å². The van der Waals surface area contributed by atoms with Crippen LogP contribution in [0.25, 0.3) is 0 Å². The minimum absolute atomic E-state index is 0.105. The predicted molar refractivity (Wildman–Crippen MR) is 63.0 cm³/mol. The monoisotopic (exact) mass is 227 g/mol. The minimum Gasteiger partial charge on any atom is -0.393 e. The van der Waals surface area contributed by atoms with Crippen LogP contribution in [0, 0.1) is 5.92 Å². The van der Waals surface area contributed by atoms with E-state index < -0.39 is 0 Å². The van der Waals surface area contributed by atoms with Crippen molar-refractivity contribution < 1.29 is 5.11 Å². The number of nitrogens with one attached hydrogen (secondary N) is 1.